The molecule has 0 saturated heterocycles. The number of hydrogen-bond donors (Lipinski definition) is 1. The van der Waals surface area contributed by atoms with Crippen molar-refractivity contribution in [1.82, 2.24) is 5.06 Å². The number of hydrogen-bond acceptors (Lipinski definition) is 2. The van der Waals surface area contributed by atoms with Gasteiger partial charge in [-0.2, -0.15) is 0 Å². The molecule has 1 N–H and O–H groups in total. The Morgan fingerprint density at radius 1 is 1.44 bits per heavy atom. The van der Waals surface area contributed by atoms with Gasteiger partial charge in [-0.05, 0) is 37.2 Å². The predicted octanol–water partition coefficient (Wildman–Crippen LogP) is 3.98. The Morgan fingerprint density at radius 2 is 2.06 bits per heavy atom. The van der Waals surface area contributed by atoms with E-state index < -0.39 is 0 Å². The highest BCUT2D eigenvalue weighted by Gasteiger charge is 2.19. The zero-order valence-electron chi connectivity index (χ0n) is 11.2. The lowest BCUT2D eigenvalue weighted by Crippen LogP contribution is -2.24. The summed E-state index contributed by atoms with van der Waals surface area (Å²) in [4.78, 5) is 0. The zero-order chi connectivity index (χ0) is 12.3. The second-order valence-electron chi connectivity index (χ2n) is 6.24. The van der Waals surface area contributed by atoms with Gasteiger partial charge in [0.05, 0.1) is 6.54 Å². The average molecular weight is 223 g/mol. The Kier molecular flexibility index (Phi) is 4.20. The molecular formula is C14H25NO. The first-order chi connectivity index (χ1) is 7.28. The van der Waals surface area contributed by atoms with E-state index in [0.717, 1.165) is 12.1 Å². The summed E-state index contributed by atoms with van der Waals surface area (Å²) in [5.74, 6) is 0.604. The third kappa shape index (κ3) is 4.40. The van der Waals surface area contributed by atoms with Gasteiger partial charge in [-0.15, -0.1) is 0 Å². The molecule has 1 rings (SSSR count). The molecule has 92 valence electrons. The maximum atomic E-state index is 9.75. The van der Waals surface area contributed by atoms with Crippen molar-refractivity contribution in [1.29, 1.82) is 0 Å². The zero-order valence-corrected chi connectivity index (χ0v) is 11.2. The molecule has 1 unspecified atom stereocenters. The van der Waals surface area contributed by atoms with E-state index in [2.05, 4.69) is 40.7 Å². The summed E-state index contributed by atoms with van der Waals surface area (Å²) in [7, 11) is 0. The fourth-order valence-corrected chi connectivity index (χ4v) is 2.38. The number of rotatable bonds is 3. The van der Waals surface area contributed by atoms with E-state index in [-0.39, 0.29) is 0 Å². The molecule has 0 aliphatic carbocycles. The number of nitrogens with zero attached hydrogens (tertiary/aromatic N) is 1. The Balaban J connectivity index is 2.56. The smallest absolute Gasteiger partial charge is 0.0636 e. The molecule has 0 radical (unpaired) electrons. The highest BCUT2D eigenvalue weighted by molar-refractivity contribution is 5.25. The van der Waals surface area contributed by atoms with Crippen molar-refractivity contribution in [2.45, 2.75) is 47.5 Å². The molecule has 2 heteroatoms. The first-order valence-corrected chi connectivity index (χ1v) is 6.12. The largest absolute Gasteiger partial charge is 0.288 e. The van der Waals surface area contributed by atoms with Gasteiger partial charge in [0.15, 0.2) is 0 Å². The van der Waals surface area contributed by atoms with Gasteiger partial charge in [-0.25, -0.2) is 0 Å². The summed E-state index contributed by atoms with van der Waals surface area (Å²) >= 11 is 0. The molecule has 0 bridgehead atoms. The van der Waals surface area contributed by atoms with Crippen molar-refractivity contribution in [3.63, 3.8) is 0 Å². The molecule has 2 nitrogen and oxygen atoms in total. The lowest BCUT2D eigenvalue weighted by Gasteiger charge is -2.28. The van der Waals surface area contributed by atoms with Gasteiger partial charge in [0, 0.05) is 5.70 Å². The van der Waals surface area contributed by atoms with Crippen molar-refractivity contribution in [3.8, 4) is 0 Å². The minimum absolute atomic E-state index is 0.361. The third-order valence-electron chi connectivity index (χ3n) is 2.83. The predicted molar refractivity (Wildman–Crippen MR) is 68.2 cm³/mol. The Labute approximate surface area is 99.6 Å². The van der Waals surface area contributed by atoms with Gasteiger partial charge >= 0.3 is 0 Å². The minimum atomic E-state index is 0.361. The highest BCUT2D eigenvalue weighted by atomic mass is 16.5. The van der Waals surface area contributed by atoms with E-state index in [4.69, 9.17) is 0 Å². The molecule has 16 heavy (non-hydrogen) atoms. The standard InChI is InChI=1S/C14H25NO/c1-11-6-7-15(16)13(8-11)9-12(2)10-14(3,4)5/h6,8,12,16H,7,9-10H2,1-5H3. The molecule has 0 fully saturated rings. The first kappa shape index (κ1) is 13.3. The molecule has 0 spiro atoms. The summed E-state index contributed by atoms with van der Waals surface area (Å²) in [5, 5.41) is 11.1. The van der Waals surface area contributed by atoms with E-state index in [1.165, 1.54) is 17.1 Å². The second-order valence-corrected chi connectivity index (χ2v) is 6.24. The number of allylic oxidation sites excluding steroid dienone is 3. The SMILES string of the molecule is CC1=CCN(O)C(CC(C)CC(C)(C)C)=C1. The van der Waals surface area contributed by atoms with Gasteiger partial charge in [0.25, 0.3) is 0 Å². The Hall–Kier alpha value is -0.760. The lowest BCUT2D eigenvalue weighted by molar-refractivity contribution is -0.0512. The van der Waals surface area contributed by atoms with Crippen LogP contribution < -0.4 is 0 Å². The molecule has 0 aromatic carbocycles. The van der Waals surface area contributed by atoms with Crippen LogP contribution in [-0.2, 0) is 0 Å². The quantitative estimate of drug-likeness (QED) is 0.782. The van der Waals surface area contributed by atoms with Crippen molar-refractivity contribution in [3.05, 3.63) is 23.4 Å². The monoisotopic (exact) mass is 223 g/mol. The molecule has 1 aliphatic heterocycles. The van der Waals surface area contributed by atoms with Crippen LogP contribution in [-0.4, -0.2) is 16.8 Å². The summed E-state index contributed by atoms with van der Waals surface area (Å²) in [6.07, 6.45) is 6.26. The summed E-state index contributed by atoms with van der Waals surface area (Å²) in [6, 6.07) is 0. The van der Waals surface area contributed by atoms with Crippen LogP contribution in [0.1, 0.15) is 47.5 Å². The minimum Gasteiger partial charge on any atom is -0.288 e. The van der Waals surface area contributed by atoms with Gasteiger partial charge in [-0.1, -0.05) is 39.3 Å². The Bertz CT molecular complexity index is 296. The fourth-order valence-electron chi connectivity index (χ4n) is 2.38. The molecule has 0 aromatic heterocycles. The normalized spacial score (nSPS) is 19.2. The van der Waals surface area contributed by atoms with Crippen LogP contribution in [0.2, 0.25) is 0 Å². The van der Waals surface area contributed by atoms with Crippen LogP contribution in [0, 0.1) is 11.3 Å². The molecule has 0 amide bonds. The van der Waals surface area contributed by atoms with Crippen LogP contribution in [0.5, 0.6) is 0 Å². The van der Waals surface area contributed by atoms with E-state index in [0.29, 0.717) is 17.9 Å². The molecule has 0 aromatic rings. The van der Waals surface area contributed by atoms with Gasteiger partial charge in [-0.3, -0.25) is 10.3 Å². The summed E-state index contributed by atoms with van der Waals surface area (Å²) < 4.78 is 0. The third-order valence-corrected chi connectivity index (χ3v) is 2.83. The van der Waals surface area contributed by atoms with E-state index in [1.807, 2.05) is 6.08 Å². The van der Waals surface area contributed by atoms with E-state index in [1.54, 1.807) is 0 Å². The number of hydroxylamine groups is 2. The van der Waals surface area contributed by atoms with Crippen molar-refractivity contribution in [2.75, 3.05) is 6.54 Å². The average Bonchev–Trinajstić information content (AvgIpc) is 2.08. The molecule has 0 saturated carbocycles. The van der Waals surface area contributed by atoms with Crippen LogP contribution in [0.15, 0.2) is 23.4 Å². The second kappa shape index (κ2) is 5.05. The summed E-state index contributed by atoms with van der Waals surface area (Å²) in [6.45, 7) is 11.8. The fraction of sp³-hybridized carbons (Fsp3) is 0.714. The topological polar surface area (TPSA) is 23.5 Å². The van der Waals surface area contributed by atoms with E-state index in [9.17, 15) is 5.21 Å². The van der Waals surface area contributed by atoms with Gasteiger partial charge in [0.1, 0.15) is 0 Å². The van der Waals surface area contributed by atoms with Crippen LogP contribution >= 0.6 is 0 Å². The van der Waals surface area contributed by atoms with Gasteiger partial charge < -0.3 is 0 Å². The lowest BCUT2D eigenvalue weighted by atomic mass is 9.83. The molecular weight excluding hydrogens is 198 g/mol. The van der Waals surface area contributed by atoms with Crippen molar-refractivity contribution >= 4 is 0 Å². The summed E-state index contributed by atoms with van der Waals surface area (Å²) in [5.41, 5.74) is 2.67. The molecule has 1 heterocycles. The van der Waals surface area contributed by atoms with Crippen LogP contribution in [0.3, 0.4) is 0 Å². The Morgan fingerprint density at radius 3 is 2.62 bits per heavy atom. The van der Waals surface area contributed by atoms with Crippen molar-refractivity contribution in [2.24, 2.45) is 11.3 Å². The maximum absolute atomic E-state index is 9.75. The van der Waals surface area contributed by atoms with Crippen molar-refractivity contribution < 1.29 is 5.21 Å². The first-order valence-electron chi connectivity index (χ1n) is 6.12. The van der Waals surface area contributed by atoms with Crippen LogP contribution in [0.25, 0.3) is 0 Å². The highest BCUT2D eigenvalue weighted by Crippen LogP contribution is 2.29. The maximum Gasteiger partial charge on any atom is 0.0636 e. The molecule has 1 aliphatic rings. The van der Waals surface area contributed by atoms with Gasteiger partial charge in [0.2, 0.25) is 0 Å². The molecule has 1 atom stereocenters. The van der Waals surface area contributed by atoms with E-state index >= 15 is 0 Å². The van der Waals surface area contributed by atoms with Crippen LogP contribution in [0.4, 0.5) is 0 Å².